The molecule has 9 heteroatoms. The van der Waals surface area contributed by atoms with E-state index in [1.54, 1.807) is 31.4 Å². The van der Waals surface area contributed by atoms with E-state index >= 15 is 0 Å². The summed E-state index contributed by atoms with van der Waals surface area (Å²) in [5, 5.41) is 11.3. The summed E-state index contributed by atoms with van der Waals surface area (Å²) >= 11 is 1.13. The average molecular weight is 435 g/mol. The van der Waals surface area contributed by atoms with Gasteiger partial charge in [-0.1, -0.05) is 12.1 Å². The maximum absolute atomic E-state index is 14.2. The van der Waals surface area contributed by atoms with Crippen LogP contribution in [0.25, 0.3) is 6.08 Å². The lowest BCUT2D eigenvalue weighted by Gasteiger charge is -2.18. The standard InChI is InChI=1S/C22H18FN5O2S/c1-13-10-14(2)26-21(25-13)17(11-24)20(30)9-8-16-12-31-22(27-16)28(15(3)29)19-7-5-4-6-18(19)23/h4-10,12,17H,1-3H3/b9-8+. The molecule has 3 rings (SSSR count). The summed E-state index contributed by atoms with van der Waals surface area (Å²) in [6.45, 7) is 4.84. The van der Waals surface area contributed by atoms with E-state index in [-0.39, 0.29) is 16.6 Å². The molecule has 3 aromatic rings. The van der Waals surface area contributed by atoms with E-state index in [2.05, 4.69) is 15.0 Å². The van der Waals surface area contributed by atoms with Gasteiger partial charge in [0, 0.05) is 23.7 Å². The fourth-order valence-electron chi connectivity index (χ4n) is 2.89. The summed E-state index contributed by atoms with van der Waals surface area (Å²) in [5.41, 5.74) is 1.82. The summed E-state index contributed by atoms with van der Waals surface area (Å²) in [5.74, 6) is -2.43. The minimum Gasteiger partial charge on any atom is -0.293 e. The molecule has 0 N–H and O–H groups in total. The van der Waals surface area contributed by atoms with Crippen molar-refractivity contribution in [3.05, 3.63) is 70.5 Å². The van der Waals surface area contributed by atoms with E-state index in [1.807, 2.05) is 6.07 Å². The second-order valence-corrected chi connectivity index (χ2v) is 7.50. The Balaban J connectivity index is 1.84. The number of hydrogen-bond donors (Lipinski definition) is 0. The number of hydrogen-bond acceptors (Lipinski definition) is 7. The molecule has 0 bridgehead atoms. The molecule has 1 atom stereocenters. The summed E-state index contributed by atoms with van der Waals surface area (Å²) in [6, 6.07) is 9.59. The van der Waals surface area contributed by atoms with Gasteiger partial charge < -0.3 is 0 Å². The van der Waals surface area contributed by atoms with Crippen molar-refractivity contribution in [2.45, 2.75) is 26.7 Å². The predicted molar refractivity (Wildman–Crippen MR) is 115 cm³/mol. The minimum atomic E-state index is -1.14. The molecule has 1 amide bonds. The molecule has 1 unspecified atom stereocenters. The van der Waals surface area contributed by atoms with E-state index < -0.39 is 23.4 Å². The van der Waals surface area contributed by atoms with Crippen molar-refractivity contribution in [1.29, 1.82) is 5.26 Å². The van der Waals surface area contributed by atoms with Gasteiger partial charge in [0.2, 0.25) is 5.91 Å². The maximum Gasteiger partial charge on any atom is 0.230 e. The van der Waals surface area contributed by atoms with Gasteiger partial charge in [-0.15, -0.1) is 11.3 Å². The van der Waals surface area contributed by atoms with Gasteiger partial charge >= 0.3 is 0 Å². The summed E-state index contributed by atoms with van der Waals surface area (Å²) in [4.78, 5) is 38.5. The zero-order valence-corrected chi connectivity index (χ0v) is 17.9. The van der Waals surface area contributed by atoms with Crippen LogP contribution in [-0.4, -0.2) is 26.6 Å². The highest BCUT2D eigenvalue weighted by Crippen LogP contribution is 2.31. The van der Waals surface area contributed by atoms with Gasteiger partial charge in [-0.25, -0.2) is 19.3 Å². The first kappa shape index (κ1) is 21.9. The molecule has 2 aromatic heterocycles. The van der Waals surface area contributed by atoms with Crippen molar-refractivity contribution in [2.75, 3.05) is 4.90 Å². The third-order valence-corrected chi connectivity index (χ3v) is 5.04. The Morgan fingerprint density at radius 2 is 1.87 bits per heavy atom. The number of amides is 1. The SMILES string of the molecule is CC(=O)N(c1nc(/C=C/C(=O)C(C#N)c2nc(C)cc(C)n2)cs1)c1ccccc1F. The predicted octanol–water partition coefficient (Wildman–Crippen LogP) is 4.26. The van der Waals surface area contributed by atoms with Crippen LogP contribution in [0.15, 0.2) is 41.8 Å². The van der Waals surface area contributed by atoms with Gasteiger partial charge in [0.25, 0.3) is 0 Å². The van der Waals surface area contributed by atoms with Gasteiger partial charge in [0.15, 0.2) is 22.7 Å². The minimum absolute atomic E-state index is 0.0902. The smallest absolute Gasteiger partial charge is 0.230 e. The van der Waals surface area contributed by atoms with Crippen molar-refractivity contribution < 1.29 is 14.0 Å². The number of carbonyl (C=O) groups excluding carboxylic acids is 2. The van der Waals surface area contributed by atoms with Crippen LogP contribution in [0, 0.1) is 31.0 Å². The molecule has 0 saturated heterocycles. The molecule has 0 aliphatic heterocycles. The number of ketones is 1. The number of benzene rings is 1. The third kappa shape index (κ3) is 5.05. The van der Waals surface area contributed by atoms with Crippen molar-refractivity contribution in [2.24, 2.45) is 0 Å². The molecule has 1 aromatic carbocycles. The molecule has 0 spiro atoms. The lowest BCUT2D eigenvalue weighted by atomic mass is 10.0. The zero-order chi connectivity index (χ0) is 22.5. The molecule has 7 nitrogen and oxygen atoms in total. The molecular formula is C22H18FN5O2S. The van der Waals surface area contributed by atoms with Gasteiger partial charge in [-0.2, -0.15) is 5.26 Å². The summed E-state index contributed by atoms with van der Waals surface area (Å²) in [7, 11) is 0. The van der Waals surface area contributed by atoms with E-state index in [1.165, 1.54) is 42.2 Å². The number of nitrogens with zero attached hydrogens (tertiary/aromatic N) is 5. The zero-order valence-electron chi connectivity index (χ0n) is 17.0. The molecule has 156 valence electrons. The number of carbonyl (C=O) groups is 2. The quantitative estimate of drug-likeness (QED) is 0.536. The van der Waals surface area contributed by atoms with E-state index in [4.69, 9.17) is 0 Å². The molecule has 0 aliphatic carbocycles. The number of thiazole rings is 1. The molecule has 0 fully saturated rings. The maximum atomic E-state index is 14.2. The van der Waals surface area contributed by atoms with Crippen LogP contribution in [0.5, 0.6) is 0 Å². The molecule has 2 heterocycles. The Bertz CT molecular complexity index is 1190. The summed E-state index contributed by atoms with van der Waals surface area (Å²) < 4.78 is 14.2. The third-order valence-electron chi connectivity index (χ3n) is 4.20. The molecule has 0 saturated carbocycles. The second-order valence-electron chi connectivity index (χ2n) is 6.67. The largest absolute Gasteiger partial charge is 0.293 e. The Hall–Kier alpha value is -3.77. The van der Waals surface area contributed by atoms with Crippen molar-refractivity contribution in [3.8, 4) is 6.07 Å². The van der Waals surface area contributed by atoms with Crippen LogP contribution in [-0.2, 0) is 9.59 Å². The number of rotatable bonds is 6. The topological polar surface area (TPSA) is 99.8 Å². The number of nitriles is 1. The highest BCUT2D eigenvalue weighted by molar-refractivity contribution is 7.14. The number of allylic oxidation sites excluding steroid dienone is 1. The van der Waals surface area contributed by atoms with Crippen molar-refractivity contribution in [1.82, 2.24) is 15.0 Å². The van der Waals surface area contributed by atoms with Crippen molar-refractivity contribution in [3.63, 3.8) is 0 Å². The Kier molecular flexibility index (Phi) is 6.62. The van der Waals surface area contributed by atoms with Crippen LogP contribution in [0.3, 0.4) is 0 Å². The van der Waals surface area contributed by atoms with E-state index in [0.29, 0.717) is 17.1 Å². The Morgan fingerprint density at radius 3 is 2.48 bits per heavy atom. The monoisotopic (exact) mass is 435 g/mol. The average Bonchev–Trinajstić information content (AvgIpc) is 3.16. The van der Waals surface area contributed by atoms with Crippen LogP contribution in [0.2, 0.25) is 0 Å². The Morgan fingerprint density at radius 1 is 1.19 bits per heavy atom. The van der Waals surface area contributed by atoms with Crippen LogP contribution in [0.1, 0.15) is 35.7 Å². The number of halogens is 1. The molecule has 0 radical (unpaired) electrons. The lowest BCUT2D eigenvalue weighted by Crippen LogP contribution is -2.23. The van der Waals surface area contributed by atoms with E-state index in [0.717, 1.165) is 11.3 Å². The van der Waals surface area contributed by atoms with E-state index in [9.17, 15) is 19.2 Å². The lowest BCUT2D eigenvalue weighted by molar-refractivity contribution is -0.116. The number of para-hydroxylation sites is 1. The van der Waals surface area contributed by atoms with Crippen LogP contribution < -0.4 is 4.90 Å². The fourth-order valence-corrected chi connectivity index (χ4v) is 3.74. The van der Waals surface area contributed by atoms with Gasteiger partial charge in [-0.3, -0.25) is 14.5 Å². The summed E-state index contributed by atoms with van der Waals surface area (Å²) in [6.07, 6.45) is 2.67. The van der Waals surface area contributed by atoms with Crippen molar-refractivity contribution >= 4 is 39.9 Å². The second kappa shape index (κ2) is 9.36. The Labute approximate surface area is 182 Å². The number of aromatic nitrogens is 3. The number of aryl methyl sites for hydroxylation is 2. The number of anilines is 2. The first-order valence-corrected chi connectivity index (χ1v) is 10.1. The van der Waals surface area contributed by atoms with Gasteiger partial charge in [0.05, 0.1) is 17.5 Å². The molecule has 0 aliphatic rings. The van der Waals surface area contributed by atoms with Gasteiger partial charge in [-0.05, 0) is 44.2 Å². The highest BCUT2D eigenvalue weighted by Gasteiger charge is 2.23. The molecule has 31 heavy (non-hydrogen) atoms. The highest BCUT2D eigenvalue weighted by atomic mass is 32.1. The first-order valence-electron chi connectivity index (χ1n) is 9.24. The molecular weight excluding hydrogens is 417 g/mol. The van der Waals surface area contributed by atoms with Gasteiger partial charge in [0.1, 0.15) is 5.82 Å². The normalized spacial score (nSPS) is 11.8. The first-order chi connectivity index (χ1) is 14.8. The fraction of sp³-hybridized carbons (Fsp3) is 0.182. The van der Waals surface area contributed by atoms with Crippen LogP contribution in [0.4, 0.5) is 15.2 Å². The van der Waals surface area contributed by atoms with Crippen LogP contribution >= 0.6 is 11.3 Å².